The maximum atomic E-state index is 12.9. The van der Waals surface area contributed by atoms with Crippen molar-refractivity contribution in [3.05, 3.63) is 52.5 Å². The van der Waals surface area contributed by atoms with Crippen LogP contribution in [0.5, 0.6) is 0 Å². The van der Waals surface area contributed by atoms with Gasteiger partial charge in [0, 0.05) is 22.4 Å². The minimum Gasteiger partial charge on any atom is -0.276 e. The molecule has 3 nitrogen and oxygen atoms in total. The zero-order chi connectivity index (χ0) is 14.2. The number of aromatic nitrogens is 2. The molecule has 1 aromatic heterocycles. The lowest BCUT2D eigenvalue weighted by atomic mass is 9.78. The third kappa shape index (κ3) is 2.15. The van der Waals surface area contributed by atoms with Gasteiger partial charge in [-0.1, -0.05) is 42.1 Å². The Balaban J connectivity index is 2.10. The van der Waals surface area contributed by atoms with E-state index in [0.29, 0.717) is 10.0 Å². The van der Waals surface area contributed by atoms with E-state index in [9.17, 15) is 4.79 Å². The summed E-state index contributed by atoms with van der Waals surface area (Å²) < 4.78 is 1.55. The highest BCUT2D eigenvalue weighted by molar-refractivity contribution is 6.35. The molecular formula is C15H14Cl2N2O. The summed E-state index contributed by atoms with van der Waals surface area (Å²) in [5, 5.41) is 1.15. The van der Waals surface area contributed by atoms with E-state index in [0.717, 1.165) is 31.2 Å². The molecule has 1 heterocycles. The molecule has 2 aromatic rings. The van der Waals surface area contributed by atoms with Crippen LogP contribution in [-0.4, -0.2) is 15.5 Å². The average Bonchev–Trinajstić information content (AvgIpc) is 3.10. The summed E-state index contributed by atoms with van der Waals surface area (Å²) in [6, 6.07) is 5.38. The van der Waals surface area contributed by atoms with Gasteiger partial charge >= 0.3 is 0 Å². The van der Waals surface area contributed by atoms with Crippen LogP contribution in [0.3, 0.4) is 0 Å². The van der Waals surface area contributed by atoms with Crippen molar-refractivity contribution in [2.45, 2.75) is 31.1 Å². The highest BCUT2D eigenvalue weighted by Gasteiger charge is 2.44. The third-order valence-electron chi connectivity index (χ3n) is 4.05. The van der Waals surface area contributed by atoms with Gasteiger partial charge in [-0.2, -0.15) is 0 Å². The first-order valence-electron chi connectivity index (χ1n) is 6.62. The highest BCUT2D eigenvalue weighted by atomic mass is 35.5. The number of nitrogens with zero attached hydrogens (tertiary/aromatic N) is 2. The van der Waals surface area contributed by atoms with Crippen molar-refractivity contribution in [3.8, 4) is 0 Å². The van der Waals surface area contributed by atoms with Crippen LogP contribution in [0.2, 0.25) is 10.0 Å². The van der Waals surface area contributed by atoms with Crippen LogP contribution < -0.4 is 0 Å². The van der Waals surface area contributed by atoms with Crippen LogP contribution in [0, 0.1) is 0 Å². The van der Waals surface area contributed by atoms with Crippen molar-refractivity contribution in [2.75, 3.05) is 0 Å². The van der Waals surface area contributed by atoms with E-state index in [1.807, 2.05) is 6.07 Å². The zero-order valence-corrected chi connectivity index (χ0v) is 12.4. The SMILES string of the molecule is O=C(n1ccnc1)C1(c2ccc(Cl)cc2Cl)CCCC1. The summed E-state index contributed by atoms with van der Waals surface area (Å²) in [5.41, 5.74) is 0.322. The molecular weight excluding hydrogens is 295 g/mol. The molecule has 1 aliphatic carbocycles. The summed E-state index contributed by atoms with van der Waals surface area (Å²) in [7, 11) is 0. The molecule has 0 spiro atoms. The van der Waals surface area contributed by atoms with Crippen molar-refractivity contribution in [1.82, 2.24) is 9.55 Å². The van der Waals surface area contributed by atoms with Crippen LogP contribution >= 0.6 is 23.2 Å². The average molecular weight is 309 g/mol. The lowest BCUT2D eigenvalue weighted by Gasteiger charge is -2.29. The van der Waals surface area contributed by atoms with Crippen LogP contribution in [0.15, 0.2) is 36.9 Å². The molecule has 5 heteroatoms. The number of imidazole rings is 1. The maximum absolute atomic E-state index is 12.9. The molecule has 1 fully saturated rings. The number of halogens is 2. The Morgan fingerprint density at radius 3 is 2.60 bits per heavy atom. The Morgan fingerprint density at radius 2 is 2.00 bits per heavy atom. The van der Waals surface area contributed by atoms with E-state index >= 15 is 0 Å². The lowest BCUT2D eigenvalue weighted by Crippen LogP contribution is -2.36. The minimum atomic E-state index is -0.553. The Kier molecular flexibility index (Phi) is 3.57. The summed E-state index contributed by atoms with van der Waals surface area (Å²) in [6.45, 7) is 0. The molecule has 1 aromatic carbocycles. The normalized spacial score (nSPS) is 17.3. The quantitative estimate of drug-likeness (QED) is 0.827. The van der Waals surface area contributed by atoms with Gasteiger partial charge < -0.3 is 0 Å². The molecule has 0 saturated heterocycles. The largest absolute Gasteiger partial charge is 0.276 e. The number of carbonyl (C=O) groups excluding carboxylic acids is 1. The highest BCUT2D eigenvalue weighted by Crippen LogP contribution is 2.45. The van der Waals surface area contributed by atoms with Gasteiger partial charge in [0.15, 0.2) is 0 Å². The lowest BCUT2D eigenvalue weighted by molar-refractivity contribution is 0.0797. The molecule has 1 aliphatic rings. The summed E-state index contributed by atoms with van der Waals surface area (Å²) >= 11 is 12.3. The van der Waals surface area contributed by atoms with Gasteiger partial charge in [0.25, 0.3) is 0 Å². The Morgan fingerprint density at radius 1 is 1.25 bits per heavy atom. The van der Waals surface area contributed by atoms with Gasteiger partial charge in [-0.15, -0.1) is 0 Å². The van der Waals surface area contributed by atoms with Crippen LogP contribution in [-0.2, 0) is 5.41 Å². The molecule has 3 rings (SSSR count). The number of rotatable bonds is 2. The molecule has 1 saturated carbocycles. The summed E-state index contributed by atoms with van der Waals surface area (Å²) in [5.74, 6) is 0.0386. The predicted molar refractivity (Wildman–Crippen MR) is 79.5 cm³/mol. The van der Waals surface area contributed by atoms with E-state index in [4.69, 9.17) is 23.2 Å². The van der Waals surface area contributed by atoms with Gasteiger partial charge in [0.05, 0.1) is 5.41 Å². The second kappa shape index (κ2) is 5.23. The fourth-order valence-electron chi connectivity index (χ4n) is 3.08. The molecule has 0 radical (unpaired) electrons. The van der Waals surface area contributed by atoms with Crippen molar-refractivity contribution in [2.24, 2.45) is 0 Å². The van der Waals surface area contributed by atoms with Gasteiger partial charge in [-0.05, 0) is 30.5 Å². The van der Waals surface area contributed by atoms with Crippen molar-refractivity contribution in [1.29, 1.82) is 0 Å². The Labute approximate surface area is 127 Å². The minimum absolute atomic E-state index is 0.0386. The van der Waals surface area contributed by atoms with Crippen molar-refractivity contribution in [3.63, 3.8) is 0 Å². The van der Waals surface area contributed by atoms with E-state index < -0.39 is 5.41 Å². The Hall–Kier alpha value is -1.32. The predicted octanol–water partition coefficient (Wildman–Crippen LogP) is 4.34. The molecule has 0 amide bonds. The first-order chi connectivity index (χ1) is 9.63. The van der Waals surface area contributed by atoms with Gasteiger partial charge in [0.2, 0.25) is 5.91 Å². The molecule has 0 atom stereocenters. The van der Waals surface area contributed by atoms with E-state index in [-0.39, 0.29) is 5.91 Å². The maximum Gasteiger partial charge on any atom is 0.242 e. The number of hydrogen-bond acceptors (Lipinski definition) is 2. The third-order valence-corrected chi connectivity index (χ3v) is 4.60. The van der Waals surface area contributed by atoms with E-state index in [1.165, 1.54) is 0 Å². The topological polar surface area (TPSA) is 34.9 Å². The van der Waals surface area contributed by atoms with Crippen LogP contribution in [0.4, 0.5) is 0 Å². The second-order valence-electron chi connectivity index (χ2n) is 5.19. The van der Waals surface area contributed by atoms with E-state index in [2.05, 4.69) is 4.98 Å². The zero-order valence-electron chi connectivity index (χ0n) is 10.9. The van der Waals surface area contributed by atoms with Crippen LogP contribution in [0.1, 0.15) is 36.0 Å². The molecule has 0 N–H and O–H groups in total. The van der Waals surface area contributed by atoms with Gasteiger partial charge in [-0.25, -0.2) is 4.98 Å². The molecule has 104 valence electrons. The first-order valence-corrected chi connectivity index (χ1v) is 7.37. The number of carbonyl (C=O) groups is 1. The molecule has 0 bridgehead atoms. The van der Waals surface area contributed by atoms with E-state index in [1.54, 1.807) is 35.4 Å². The standard InChI is InChI=1S/C15H14Cl2N2O/c16-11-3-4-12(13(17)9-11)15(5-1-2-6-15)14(20)19-8-7-18-10-19/h3-4,7-10H,1-2,5-6H2. The molecule has 20 heavy (non-hydrogen) atoms. The first kappa shape index (κ1) is 13.7. The van der Waals surface area contributed by atoms with Crippen molar-refractivity contribution >= 4 is 29.1 Å². The number of benzene rings is 1. The Bertz CT molecular complexity index is 631. The monoisotopic (exact) mass is 308 g/mol. The summed E-state index contributed by atoms with van der Waals surface area (Å²) in [6.07, 6.45) is 8.53. The fourth-order valence-corrected chi connectivity index (χ4v) is 3.67. The summed E-state index contributed by atoms with van der Waals surface area (Å²) in [4.78, 5) is 16.9. The van der Waals surface area contributed by atoms with Crippen LogP contribution in [0.25, 0.3) is 0 Å². The smallest absolute Gasteiger partial charge is 0.242 e. The molecule has 0 unspecified atom stereocenters. The molecule has 0 aliphatic heterocycles. The van der Waals surface area contributed by atoms with Crippen molar-refractivity contribution < 1.29 is 4.79 Å². The fraction of sp³-hybridized carbons (Fsp3) is 0.333. The van der Waals surface area contributed by atoms with Gasteiger partial charge in [0.1, 0.15) is 6.33 Å². The van der Waals surface area contributed by atoms with Gasteiger partial charge in [-0.3, -0.25) is 9.36 Å². The number of hydrogen-bond donors (Lipinski definition) is 0. The second-order valence-corrected chi connectivity index (χ2v) is 6.03.